The van der Waals surface area contributed by atoms with E-state index < -0.39 is 18.1 Å². The van der Waals surface area contributed by atoms with E-state index in [-0.39, 0.29) is 16.3 Å². The predicted molar refractivity (Wildman–Crippen MR) is 76.8 cm³/mol. The molecule has 0 bridgehead atoms. The zero-order chi connectivity index (χ0) is 15.9. The van der Waals surface area contributed by atoms with E-state index >= 15 is 0 Å². The monoisotopic (exact) mass is 312 g/mol. The molecule has 0 saturated carbocycles. The Morgan fingerprint density at radius 3 is 2.57 bits per heavy atom. The van der Waals surface area contributed by atoms with Crippen molar-refractivity contribution in [2.45, 2.75) is 46.3 Å². The Balaban J connectivity index is 2.39. The Hall–Kier alpha value is -1.82. The van der Waals surface area contributed by atoms with E-state index in [0.717, 1.165) is 0 Å². The van der Waals surface area contributed by atoms with Gasteiger partial charge in [-0.2, -0.15) is 0 Å². The third-order valence-corrected chi connectivity index (χ3v) is 3.58. The smallest absolute Gasteiger partial charge is 0.304 e. The highest BCUT2D eigenvalue weighted by Gasteiger charge is 2.41. The molecule has 7 heteroatoms. The van der Waals surface area contributed by atoms with Gasteiger partial charge in [0.15, 0.2) is 5.82 Å². The van der Waals surface area contributed by atoms with Crippen molar-refractivity contribution in [3.63, 3.8) is 0 Å². The number of hydrogen-bond donors (Lipinski definition) is 0. The first kappa shape index (κ1) is 15.6. The zero-order valence-corrected chi connectivity index (χ0v) is 13.3. The summed E-state index contributed by atoms with van der Waals surface area (Å²) in [6, 6.07) is 1.65. The lowest BCUT2D eigenvalue weighted by Gasteiger charge is -2.22. The van der Waals surface area contributed by atoms with Gasteiger partial charge in [-0.1, -0.05) is 37.5 Å². The Morgan fingerprint density at radius 1 is 1.48 bits per heavy atom. The minimum Gasteiger partial charge on any atom is -0.437 e. The van der Waals surface area contributed by atoms with Crippen LogP contribution in [0.4, 0.5) is 5.82 Å². The van der Waals surface area contributed by atoms with Crippen LogP contribution in [0.2, 0.25) is 0 Å². The summed E-state index contributed by atoms with van der Waals surface area (Å²) in [6.45, 7) is 8.79. The molecule has 1 aliphatic heterocycles. The van der Waals surface area contributed by atoms with E-state index in [2.05, 4.69) is 5.16 Å². The Kier molecular flexibility index (Phi) is 3.84. The second-order valence-corrected chi connectivity index (χ2v) is 6.31. The van der Waals surface area contributed by atoms with Crippen molar-refractivity contribution in [2.75, 3.05) is 4.90 Å². The van der Waals surface area contributed by atoms with Gasteiger partial charge in [0.1, 0.15) is 10.8 Å². The second-order valence-electron chi connectivity index (χ2n) is 5.93. The van der Waals surface area contributed by atoms with E-state index in [1.807, 2.05) is 20.8 Å². The van der Waals surface area contributed by atoms with Gasteiger partial charge in [-0.05, 0) is 6.92 Å². The first-order valence-electron chi connectivity index (χ1n) is 6.47. The summed E-state index contributed by atoms with van der Waals surface area (Å²) in [6.07, 6.45) is -0.889. The summed E-state index contributed by atoms with van der Waals surface area (Å²) < 4.78 is 10.4. The molecule has 2 heterocycles. The number of halogens is 1. The number of anilines is 1. The van der Waals surface area contributed by atoms with Crippen LogP contribution in [-0.2, 0) is 19.7 Å². The van der Waals surface area contributed by atoms with Gasteiger partial charge in [0.05, 0.1) is 0 Å². The van der Waals surface area contributed by atoms with Crippen LogP contribution in [0, 0.1) is 0 Å². The van der Waals surface area contributed by atoms with Gasteiger partial charge >= 0.3 is 5.97 Å². The van der Waals surface area contributed by atoms with Gasteiger partial charge < -0.3 is 9.26 Å². The Bertz CT molecular complexity index is 627. The van der Waals surface area contributed by atoms with E-state index in [1.54, 1.807) is 13.0 Å². The summed E-state index contributed by atoms with van der Waals surface area (Å²) in [5, 5.41) is 3.92. The lowest BCUT2D eigenvalue weighted by Crippen LogP contribution is -2.38. The Morgan fingerprint density at radius 2 is 2.10 bits per heavy atom. The van der Waals surface area contributed by atoms with Crippen molar-refractivity contribution in [2.24, 2.45) is 0 Å². The number of carbonyl (C=O) groups excluding carboxylic acids is 2. The highest BCUT2D eigenvalue weighted by molar-refractivity contribution is 6.45. The number of aromatic nitrogens is 1. The fourth-order valence-corrected chi connectivity index (χ4v) is 2.12. The molecule has 1 unspecified atom stereocenters. The van der Waals surface area contributed by atoms with Crippen molar-refractivity contribution in [1.29, 1.82) is 0 Å². The third kappa shape index (κ3) is 2.81. The summed E-state index contributed by atoms with van der Waals surface area (Å²) >= 11 is 5.97. The molecule has 0 aliphatic carbocycles. The molecule has 114 valence electrons. The van der Waals surface area contributed by atoms with Crippen molar-refractivity contribution in [3.05, 3.63) is 22.4 Å². The third-order valence-electron chi connectivity index (χ3n) is 3.12. The standard InChI is InChI=1S/C14H17ClN2O4/c1-7-11(15)12(19)17(13(7)20-8(2)18)10-6-9(21-16-10)14(3,4)5/h6,13H,1-5H3. The lowest BCUT2D eigenvalue weighted by molar-refractivity contribution is -0.144. The molecule has 1 amide bonds. The van der Waals surface area contributed by atoms with Crippen molar-refractivity contribution < 1.29 is 18.8 Å². The molecule has 1 aromatic heterocycles. The minimum absolute atomic E-state index is 0.0292. The number of carbonyl (C=O) groups is 2. The first-order chi connectivity index (χ1) is 9.62. The largest absolute Gasteiger partial charge is 0.437 e. The molecule has 0 spiro atoms. The fraction of sp³-hybridized carbons (Fsp3) is 0.500. The molecule has 0 saturated heterocycles. The number of nitrogens with zero attached hydrogens (tertiary/aromatic N) is 2. The number of rotatable bonds is 2. The first-order valence-corrected chi connectivity index (χ1v) is 6.85. The topological polar surface area (TPSA) is 72.6 Å². The average Bonchev–Trinajstić information content (AvgIpc) is 2.90. The number of ether oxygens (including phenoxy) is 1. The van der Waals surface area contributed by atoms with Crippen LogP contribution in [0.3, 0.4) is 0 Å². The maximum atomic E-state index is 12.2. The van der Waals surface area contributed by atoms with Crippen molar-refractivity contribution in [1.82, 2.24) is 5.16 Å². The van der Waals surface area contributed by atoms with Crippen LogP contribution in [0.25, 0.3) is 0 Å². The maximum absolute atomic E-state index is 12.2. The zero-order valence-electron chi connectivity index (χ0n) is 12.6. The molecule has 21 heavy (non-hydrogen) atoms. The molecule has 1 aliphatic rings. The molecular formula is C14H17ClN2O4. The summed E-state index contributed by atoms with van der Waals surface area (Å²) in [7, 11) is 0. The fourth-order valence-electron chi connectivity index (χ4n) is 1.94. The quantitative estimate of drug-likeness (QED) is 0.785. The van der Waals surface area contributed by atoms with Crippen LogP contribution in [0.1, 0.15) is 40.4 Å². The number of esters is 1. The van der Waals surface area contributed by atoms with Gasteiger partial charge in [0.25, 0.3) is 5.91 Å². The van der Waals surface area contributed by atoms with E-state index in [9.17, 15) is 9.59 Å². The van der Waals surface area contributed by atoms with E-state index in [4.69, 9.17) is 20.9 Å². The van der Waals surface area contributed by atoms with Crippen LogP contribution < -0.4 is 4.90 Å². The van der Waals surface area contributed by atoms with Gasteiger partial charge in [0.2, 0.25) is 6.23 Å². The second kappa shape index (κ2) is 5.18. The highest BCUT2D eigenvalue weighted by Crippen LogP contribution is 2.35. The van der Waals surface area contributed by atoms with Gasteiger partial charge in [-0.3, -0.25) is 9.59 Å². The maximum Gasteiger partial charge on any atom is 0.304 e. The van der Waals surface area contributed by atoms with E-state index in [1.165, 1.54) is 11.8 Å². The lowest BCUT2D eigenvalue weighted by atomic mass is 9.93. The number of hydrogen-bond acceptors (Lipinski definition) is 5. The molecule has 1 aromatic rings. The molecule has 0 aromatic carbocycles. The predicted octanol–water partition coefficient (Wildman–Crippen LogP) is 2.72. The molecule has 1 atom stereocenters. The minimum atomic E-state index is -0.889. The SMILES string of the molecule is CC(=O)OC1C(C)=C(Cl)C(=O)N1c1cc(C(C)(C)C)on1. The molecule has 0 N–H and O–H groups in total. The molecule has 2 rings (SSSR count). The molecular weight excluding hydrogens is 296 g/mol. The van der Waals surface area contributed by atoms with Crippen LogP contribution in [-0.4, -0.2) is 23.3 Å². The van der Waals surface area contributed by atoms with Gasteiger partial charge in [-0.15, -0.1) is 0 Å². The van der Waals surface area contributed by atoms with Gasteiger partial charge in [-0.25, -0.2) is 4.90 Å². The summed E-state index contributed by atoms with van der Waals surface area (Å²) in [4.78, 5) is 24.7. The highest BCUT2D eigenvalue weighted by atomic mass is 35.5. The molecule has 6 nitrogen and oxygen atoms in total. The van der Waals surface area contributed by atoms with Crippen molar-refractivity contribution >= 4 is 29.3 Å². The summed E-state index contributed by atoms with van der Waals surface area (Å²) in [5.41, 5.74) is 0.217. The molecule has 0 radical (unpaired) electrons. The number of amides is 1. The van der Waals surface area contributed by atoms with Crippen LogP contribution >= 0.6 is 11.6 Å². The Labute approximate surface area is 127 Å². The van der Waals surface area contributed by atoms with Crippen molar-refractivity contribution in [3.8, 4) is 0 Å². The molecule has 0 fully saturated rings. The average molecular weight is 313 g/mol. The van der Waals surface area contributed by atoms with Gasteiger partial charge in [0, 0.05) is 24.0 Å². The normalized spacial score (nSPS) is 19.4. The summed E-state index contributed by atoms with van der Waals surface area (Å²) in [5.74, 6) is -0.0871. The van der Waals surface area contributed by atoms with Crippen LogP contribution in [0.15, 0.2) is 21.2 Å². The van der Waals surface area contributed by atoms with Crippen LogP contribution in [0.5, 0.6) is 0 Å². The van der Waals surface area contributed by atoms with E-state index in [0.29, 0.717) is 11.3 Å².